The van der Waals surface area contributed by atoms with Crippen molar-refractivity contribution in [2.75, 3.05) is 6.93 Å². The molecule has 2 unspecified atom stereocenters. The fourth-order valence-electron chi connectivity index (χ4n) is 4.36. The van der Waals surface area contributed by atoms with Gasteiger partial charge in [-0.3, -0.25) is 9.59 Å². The second kappa shape index (κ2) is 14.1. The number of ketones is 1. The van der Waals surface area contributed by atoms with E-state index in [9.17, 15) is 27.7 Å². The number of halogens is 2. The lowest BCUT2D eigenvalue weighted by Crippen LogP contribution is -2.41. The zero-order valence-corrected chi connectivity index (χ0v) is 23.0. The Balaban J connectivity index is 0.00000134. The Labute approximate surface area is 230 Å². The van der Waals surface area contributed by atoms with Crippen LogP contribution < -0.4 is 9.46 Å². The molecule has 0 bridgehead atoms. The molecule has 0 saturated heterocycles. The molecule has 0 aliphatic heterocycles. The highest BCUT2D eigenvalue weighted by atomic mass is 32.2. The van der Waals surface area contributed by atoms with Crippen LogP contribution in [0.25, 0.3) is 11.1 Å². The topological polar surface area (TPSA) is 92.7 Å². The lowest BCUT2D eigenvalue weighted by Gasteiger charge is -2.18. The van der Waals surface area contributed by atoms with E-state index in [1.807, 2.05) is 61.5 Å². The first-order valence-electron chi connectivity index (χ1n) is 12.7. The first-order valence-corrected chi connectivity index (χ1v) is 13.8. The van der Waals surface area contributed by atoms with E-state index in [0.29, 0.717) is 17.9 Å². The Morgan fingerprint density at radius 1 is 1.03 bits per heavy atom. The quantitative estimate of drug-likeness (QED) is 0.319. The lowest BCUT2D eigenvalue weighted by atomic mass is 9.90. The normalized spacial score (nSPS) is 14.2. The van der Waals surface area contributed by atoms with Crippen molar-refractivity contribution in [1.29, 1.82) is 0 Å². The number of hydrogen-bond acceptors (Lipinski definition) is 4. The maximum absolute atomic E-state index is 12.8. The fourth-order valence-corrected chi connectivity index (χ4v) is 5.63. The minimum Gasteiger partial charge on any atom is -0.489 e. The van der Waals surface area contributed by atoms with Gasteiger partial charge in [0.2, 0.25) is 6.93 Å². The number of nitrogens with one attached hydrogen (secondary N) is 1. The van der Waals surface area contributed by atoms with E-state index in [2.05, 4.69) is 4.72 Å². The van der Waals surface area contributed by atoms with Crippen LogP contribution in [-0.4, -0.2) is 34.0 Å². The van der Waals surface area contributed by atoms with Crippen LogP contribution in [0.1, 0.15) is 53.7 Å². The smallest absolute Gasteiger partial charge is 0.321 e. The van der Waals surface area contributed by atoms with Gasteiger partial charge in [-0.05, 0) is 77.8 Å². The molecule has 6 nitrogen and oxygen atoms in total. The van der Waals surface area contributed by atoms with Crippen LogP contribution >= 0.6 is 0 Å². The molecule has 1 aliphatic rings. The average Bonchev–Trinajstić information content (AvgIpc) is 2.91. The predicted molar refractivity (Wildman–Crippen MR) is 148 cm³/mol. The fraction of sp³-hybridized carbons (Fsp3) is 0.333. The van der Waals surface area contributed by atoms with Crippen LogP contribution in [0, 0.1) is 12.8 Å². The van der Waals surface area contributed by atoms with Gasteiger partial charge in [-0.2, -0.15) is 0 Å². The molecule has 0 radical (unpaired) electrons. The Bertz CT molecular complexity index is 1330. The van der Waals surface area contributed by atoms with Gasteiger partial charge in [-0.15, -0.1) is 0 Å². The number of carbonyl (C=O) groups is 2. The minimum atomic E-state index is -1.75. The van der Waals surface area contributed by atoms with Crippen LogP contribution in [-0.2, 0) is 28.8 Å². The minimum absolute atomic E-state index is 0.190. The zero-order valence-electron chi connectivity index (χ0n) is 22.2. The largest absolute Gasteiger partial charge is 0.489 e. The number of Topliss-reactive ketones (excluding diaryl/α,β-unsaturated/α-hetero) is 1. The van der Waals surface area contributed by atoms with Crippen LogP contribution in [0.2, 0.25) is 0 Å². The molecular formula is C30H33F2NO5S. The van der Waals surface area contributed by atoms with Gasteiger partial charge in [0, 0.05) is 12.0 Å². The maximum Gasteiger partial charge on any atom is 0.321 e. The molecule has 0 spiro atoms. The Morgan fingerprint density at radius 3 is 2.31 bits per heavy atom. The number of alkyl halides is 2. The van der Waals surface area contributed by atoms with Gasteiger partial charge < -0.3 is 9.84 Å². The summed E-state index contributed by atoms with van der Waals surface area (Å²) >= 11 is 0. The van der Waals surface area contributed by atoms with Gasteiger partial charge in [-0.1, -0.05) is 50.2 Å². The zero-order chi connectivity index (χ0) is 28.5. The number of carbonyl (C=O) groups excluding carboxylic acids is 1. The van der Waals surface area contributed by atoms with Crippen molar-refractivity contribution in [1.82, 2.24) is 4.72 Å². The summed E-state index contributed by atoms with van der Waals surface area (Å²) in [5.41, 5.74) is 5.74. The molecule has 0 fully saturated rings. The van der Waals surface area contributed by atoms with Crippen LogP contribution in [0.4, 0.5) is 8.78 Å². The number of ether oxygens (including phenoxy) is 1. The van der Waals surface area contributed by atoms with E-state index >= 15 is 0 Å². The molecule has 2 N–H and O–H groups in total. The van der Waals surface area contributed by atoms with Crippen molar-refractivity contribution >= 4 is 22.7 Å². The number of carboxylic acid groups (broad SMARTS) is 1. The Hall–Kier alpha value is -3.43. The molecule has 208 valence electrons. The van der Waals surface area contributed by atoms with Gasteiger partial charge in [0.15, 0.2) is 5.78 Å². The van der Waals surface area contributed by atoms with Crippen LogP contribution in [0.3, 0.4) is 0 Å². The van der Waals surface area contributed by atoms with Crippen LogP contribution in [0.5, 0.6) is 5.75 Å². The van der Waals surface area contributed by atoms with E-state index in [-0.39, 0.29) is 11.7 Å². The third kappa shape index (κ3) is 8.03. The predicted octanol–water partition coefficient (Wildman–Crippen LogP) is 6.36. The highest BCUT2D eigenvalue weighted by molar-refractivity contribution is 7.83. The summed E-state index contributed by atoms with van der Waals surface area (Å²) in [5.74, 6) is -0.226. The monoisotopic (exact) mass is 557 g/mol. The number of rotatable bonds is 9. The molecule has 3 aromatic rings. The summed E-state index contributed by atoms with van der Waals surface area (Å²) in [7, 11) is -1.62. The first-order chi connectivity index (χ1) is 18.6. The molecular weight excluding hydrogens is 524 g/mol. The van der Waals surface area contributed by atoms with Crippen molar-refractivity contribution in [3.8, 4) is 16.9 Å². The molecule has 2 atom stereocenters. The van der Waals surface area contributed by atoms with Gasteiger partial charge in [0.05, 0.1) is 4.90 Å². The SMILES string of the molecule is Cc1cc(-c2ccc(COc3ccc4c(c3)CCCC4=O)cc2)ccc1S(=O)NC(C(=O)O)C(C)C.FCF. The lowest BCUT2D eigenvalue weighted by molar-refractivity contribution is -0.140. The third-order valence-corrected chi connectivity index (χ3v) is 7.79. The maximum atomic E-state index is 12.8. The second-order valence-corrected chi connectivity index (χ2v) is 10.8. The number of carboxylic acids is 1. The van der Waals surface area contributed by atoms with E-state index in [1.165, 1.54) is 0 Å². The number of hydrogen-bond donors (Lipinski definition) is 2. The van der Waals surface area contributed by atoms with Crippen molar-refractivity contribution in [2.45, 2.75) is 57.6 Å². The van der Waals surface area contributed by atoms with E-state index in [4.69, 9.17) is 4.74 Å². The third-order valence-electron chi connectivity index (χ3n) is 6.46. The molecule has 3 aromatic carbocycles. The molecule has 39 heavy (non-hydrogen) atoms. The second-order valence-electron chi connectivity index (χ2n) is 9.61. The standard InChI is InChI=1S/C29H31NO5S.CH2F2/c1-18(2)28(29(32)33)30-36(34)27-14-11-22(15-19(27)3)21-9-7-20(8-10-21)17-35-24-12-13-25-23(16-24)5-4-6-26(25)31;2-1-3/h7-16,18,28,30H,4-6,17H2,1-3H3,(H,32,33);1H2. The summed E-state index contributed by atoms with van der Waals surface area (Å²) in [6, 6.07) is 18.5. The van der Waals surface area contributed by atoms with Gasteiger partial charge in [0.1, 0.15) is 29.4 Å². The highest BCUT2D eigenvalue weighted by Crippen LogP contribution is 2.27. The molecule has 0 aromatic heterocycles. The van der Waals surface area contributed by atoms with Crippen molar-refractivity contribution in [3.63, 3.8) is 0 Å². The van der Waals surface area contributed by atoms with E-state index < -0.39 is 29.9 Å². The molecule has 4 rings (SSSR count). The Morgan fingerprint density at radius 2 is 1.69 bits per heavy atom. The van der Waals surface area contributed by atoms with Crippen LogP contribution in [0.15, 0.2) is 65.6 Å². The summed E-state index contributed by atoms with van der Waals surface area (Å²) in [6.45, 7) is 4.11. The van der Waals surface area contributed by atoms with E-state index in [1.54, 1.807) is 19.9 Å². The summed E-state index contributed by atoms with van der Waals surface area (Å²) in [4.78, 5) is 24.0. The molecule has 9 heteroatoms. The molecule has 0 saturated carbocycles. The summed E-state index contributed by atoms with van der Waals surface area (Å²) < 4.78 is 40.7. The van der Waals surface area contributed by atoms with Gasteiger partial charge >= 0.3 is 5.97 Å². The van der Waals surface area contributed by atoms with Crippen molar-refractivity contribution < 1.29 is 32.4 Å². The number of fused-ring (bicyclic) bond motifs is 1. The van der Waals surface area contributed by atoms with E-state index in [0.717, 1.165) is 52.0 Å². The highest BCUT2D eigenvalue weighted by Gasteiger charge is 2.24. The van der Waals surface area contributed by atoms with Gasteiger partial charge in [-0.25, -0.2) is 17.7 Å². The summed E-state index contributed by atoms with van der Waals surface area (Å²) in [5, 5.41) is 9.37. The number of benzene rings is 3. The van der Waals surface area contributed by atoms with Crippen molar-refractivity contribution in [3.05, 3.63) is 82.9 Å². The number of aliphatic carboxylic acids is 1. The number of aryl methyl sites for hydroxylation is 2. The van der Waals surface area contributed by atoms with Crippen molar-refractivity contribution in [2.24, 2.45) is 5.92 Å². The first kappa shape index (κ1) is 30.1. The molecule has 0 amide bonds. The molecule has 1 aliphatic carbocycles. The van der Waals surface area contributed by atoms with Gasteiger partial charge in [0.25, 0.3) is 0 Å². The average molecular weight is 558 g/mol. The Kier molecular flexibility index (Phi) is 10.9. The summed E-state index contributed by atoms with van der Waals surface area (Å²) in [6.07, 6.45) is 2.43. The molecule has 0 heterocycles.